The highest BCUT2D eigenvalue weighted by atomic mass is 16.6. The molecule has 0 bridgehead atoms. The molecule has 1 saturated heterocycles. The van der Waals surface area contributed by atoms with Crippen molar-refractivity contribution in [1.29, 1.82) is 0 Å². The minimum Gasteiger partial charge on any atom is -0.460 e. The molecule has 0 aromatic heterocycles. The normalized spacial score (nSPS) is 30.1. The highest BCUT2D eigenvalue weighted by Crippen LogP contribution is 2.26. The van der Waals surface area contributed by atoms with E-state index in [2.05, 4.69) is 5.32 Å². The van der Waals surface area contributed by atoms with Gasteiger partial charge in [0, 0.05) is 6.04 Å². The molecular formula is C12H21NO3. The number of ether oxygens (including phenoxy) is 1. The lowest BCUT2D eigenvalue weighted by Gasteiger charge is -2.21. The number of hydrogen-bond acceptors (Lipinski definition) is 3. The van der Waals surface area contributed by atoms with E-state index < -0.39 is 5.60 Å². The Morgan fingerprint density at radius 3 is 2.31 bits per heavy atom. The second-order valence-corrected chi connectivity index (χ2v) is 5.55. The van der Waals surface area contributed by atoms with E-state index in [-0.39, 0.29) is 36.2 Å². The van der Waals surface area contributed by atoms with E-state index in [0.717, 1.165) is 0 Å². The Balaban J connectivity index is 2.55. The molecule has 1 amide bonds. The first kappa shape index (κ1) is 13.0. The van der Waals surface area contributed by atoms with E-state index in [1.165, 1.54) is 0 Å². The van der Waals surface area contributed by atoms with Gasteiger partial charge in [0.05, 0.1) is 12.3 Å². The average Bonchev–Trinajstić information content (AvgIpc) is 2.29. The number of esters is 1. The van der Waals surface area contributed by atoms with Gasteiger partial charge in [0.15, 0.2) is 0 Å². The van der Waals surface area contributed by atoms with Gasteiger partial charge in [0.2, 0.25) is 5.91 Å². The Hall–Kier alpha value is -1.06. The van der Waals surface area contributed by atoms with Crippen LogP contribution in [0.25, 0.3) is 0 Å². The van der Waals surface area contributed by atoms with E-state index in [1.54, 1.807) is 0 Å². The predicted octanol–water partition coefficient (Wildman–Crippen LogP) is 1.49. The lowest BCUT2D eigenvalue weighted by atomic mass is 9.90. The van der Waals surface area contributed by atoms with Gasteiger partial charge in [-0.15, -0.1) is 0 Å². The Morgan fingerprint density at radius 1 is 1.38 bits per heavy atom. The van der Waals surface area contributed by atoms with Crippen LogP contribution >= 0.6 is 0 Å². The van der Waals surface area contributed by atoms with Crippen molar-refractivity contribution in [2.24, 2.45) is 11.8 Å². The van der Waals surface area contributed by atoms with Gasteiger partial charge >= 0.3 is 5.97 Å². The largest absolute Gasteiger partial charge is 0.460 e. The number of carbonyl (C=O) groups excluding carboxylic acids is 2. The van der Waals surface area contributed by atoms with Crippen LogP contribution in [0.5, 0.6) is 0 Å². The summed E-state index contributed by atoms with van der Waals surface area (Å²) >= 11 is 0. The number of amides is 1. The van der Waals surface area contributed by atoms with Crippen molar-refractivity contribution in [3.05, 3.63) is 0 Å². The third-order valence-electron chi connectivity index (χ3n) is 2.94. The topological polar surface area (TPSA) is 55.4 Å². The summed E-state index contributed by atoms with van der Waals surface area (Å²) in [5, 5.41) is 2.84. The maximum Gasteiger partial charge on any atom is 0.307 e. The van der Waals surface area contributed by atoms with E-state index in [0.29, 0.717) is 0 Å². The zero-order valence-electron chi connectivity index (χ0n) is 10.7. The summed E-state index contributed by atoms with van der Waals surface area (Å²) in [7, 11) is 0. The second kappa shape index (κ2) is 4.44. The zero-order valence-corrected chi connectivity index (χ0v) is 10.7. The molecule has 1 N–H and O–H groups in total. The van der Waals surface area contributed by atoms with Crippen LogP contribution in [0.3, 0.4) is 0 Å². The molecule has 0 unspecified atom stereocenters. The van der Waals surface area contributed by atoms with Crippen molar-refractivity contribution in [3.63, 3.8) is 0 Å². The van der Waals surface area contributed by atoms with Crippen molar-refractivity contribution in [3.8, 4) is 0 Å². The molecule has 4 heteroatoms. The van der Waals surface area contributed by atoms with E-state index >= 15 is 0 Å². The summed E-state index contributed by atoms with van der Waals surface area (Å²) in [6.07, 6.45) is 0.175. The maximum absolute atomic E-state index is 11.6. The molecule has 1 aliphatic heterocycles. The minimum atomic E-state index is -0.485. The van der Waals surface area contributed by atoms with Crippen LogP contribution in [0.1, 0.15) is 41.0 Å². The summed E-state index contributed by atoms with van der Waals surface area (Å²) < 4.78 is 5.21. The van der Waals surface area contributed by atoms with Gasteiger partial charge in [-0.3, -0.25) is 9.59 Å². The second-order valence-electron chi connectivity index (χ2n) is 5.55. The van der Waals surface area contributed by atoms with Crippen molar-refractivity contribution in [1.82, 2.24) is 5.32 Å². The first-order chi connectivity index (χ1) is 7.20. The van der Waals surface area contributed by atoms with Crippen LogP contribution in [-0.4, -0.2) is 23.5 Å². The molecule has 16 heavy (non-hydrogen) atoms. The SMILES string of the molecule is C[C@@H]1[C@@H](C)NC(=O)[C@@H]1CC(=O)OC(C)(C)C. The summed E-state index contributed by atoms with van der Waals surface area (Å²) in [6.45, 7) is 9.41. The average molecular weight is 227 g/mol. The molecule has 92 valence electrons. The molecule has 0 aliphatic carbocycles. The van der Waals surface area contributed by atoms with Crippen molar-refractivity contribution in [2.75, 3.05) is 0 Å². The summed E-state index contributed by atoms with van der Waals surface area (Å²) in [5.74, 6) is -0.399. The fourth-order valence-corrected chi connectivity index (χ4v) is 1.89. The van der Waals surface area contributed by atoms with Crippen LogP contribution in [-0.2, 0) is 14.3 Å². The third-order valence-corrected chi connectivity index (χ3v) is 2.94. The van der Waals surface area contributed by atoms with Gasteiger partial charge in [0.1, 0.15) is 5.60 Å². The molecule has 4 nitrogen and oxygen atoms in total. The molecule has 1 fully saturated rings. The number of hydrogen-bond donors (Lipinski definition) is 1. The van der Waals surface area contributed by atoms with Crippen LogP contribution < -0.4 is 5.32 Å². The minimum absolute atomic E-state index is 0.0362. The molecule has 0 aromatic carbocycles. The highest BCUT2D eigenvalue weighted by Gasteiger charge is 2.38. The lowest BCUT2D eigenvalue weighted by molar-refractivity contribution is -0.157. The van der Waals surface area contributed by atoms with Gasteiger partial charge in [-0.25, -0.2) is 0 Å². The molecular weight excluding hydrogens is 206 g/mol. The van der Waals surface area contributed by atoms with Crippen LogP contribution in [0.2, 0.25) is 0 Å². The fourth-order valence-electron chi connectivity index (χ4n) is 1.89. The van der Waals surface area contributed by atoms with Gasteiger partial charge in [-0.05, 0) is 33.6 Å². The van der Waals surface area contributed by atoms with E-state index in [1.807, 2.05) is 34.6 Å². The molecule has 0 saturated carbocycles. The molecule has 0 radical (unpaired) electrons. The Labute approximate surface area is 96.7 Å². The smallest absolute Gasteiger partial charge is 0.307 e. The van der Waals surface area contributed by atoms with Crippen molar-refractivity contribution >= 4 is 11.9 Å². The molecule has 1 aliphatic rings. The lowest BCUT2D eigenvalue weighted by Crippen LogP contribution is -2.28. The quantitative estimate of drug-likeness (QED) is 0.727. The van der Waals surface area contributed by atoms with Gasteiger partial charge in [0.25, 0.3) is 0 Å². The predicted molar refractivity (Wildman–Crippen MR) is 60.7 cm³/mol. The Kier molecular flexibility index (Phi) is 3.61. The third kappa shape index (κ3) is 3.22. The summed E-state index contributed by atoms with van der Waals surface area (Å²) in [4.78, 5) is 23.2. The van der Waals surface area contributed by atoms with Crippen LogP contribution in [0.15, 0.2) is 0 Å². The highest BCUT2D eigenvalue weighted by molar-refractivity contribution is 5.86. The Morgan fingerprint density at radius 2 is 1.94 bits per heavy atom. The zero-order chi connectivity index (χ0) is 12.5. The number of rotatable bonds is 2. The molecule has 0 spiro atoms. The summed E-state index contributed by atoms with van der Waals surface area (Å²) in [5.41, 5.74) is -0.485. The van der Waals surface area contributed by atoms with Crippen molar-refractivity contribution in [2.45, 2.75) is 52.7 Å². The van der Waals surface area contributed by atoms with Gasteiger partial charge < -0.3 is 10.1 Å². The van der Waals surface area contributed by atoms with Crippen LogP contribution in [0, 0.1) is 11.8 Å². The first-order valence-corrected chi connectivity index (χ1v) is 5.73. The molecule has 1 heterocycles. The van der Waals surface area contributed by atoms with E-state index in [4.69, 9.17) is 4.74 Å². The first-order valence-electron chi connectivity index (χ1n) is 5.73. The monoisotopic (exact) mass is 227 g/mol. The molecule has 3 atom stereocenters. The van der Waals surface area contributed by atoms with Crippen LogP contribution in [0.4, 0.5) is 0 Å². The van der Waals surface area contributed by atoms with Gasteiger partial charge in [-0.1, -0.05) is 6.92 Å². The van der Waals surface area contributed by atoms with Gasteiger partial charge in [-0.2, -0.15) is 0 Å². The van der Waals surface area contributed by atoms with Crippen molar-refractivity contribution < 1.29 is 14.3 Å². The molecule has 1 rings (SSSR count). The number of nitrogens with one attached hydrogen (secondary N) is 1. The maximum atomic E-state index is 11.6. The summed E-state index contributed by atoms with van der Waals surface area (Å²) in [6, 6.07) is 0.139. The number of carbonyl (C=O) groups is 2. The van der Waals surface area contributed by atoms with E-state index in [9.17, 15) is 9.59 Å². The Bertz CT molecular complexity index is 293. The standard InChI is InChI=1S/C12H21NO3/c1-7-8(2)13-11(15)9(7)6-10(14)16-12(3,4)5/h7-9H,6H2,1-5H3,(H,13,15)/t7-,8-,9-/m1/s1. The molecule has 0 aromatic rings. The fraction of sp³-hybridized carbons (Fsp3) is 0.833.